The quantitative estimate of drug-likeness (QED) is 0.812. The van der Waals surface area contributed by atoms with Crippen LogP contribution in [0.25, 0.3) is 11.4 Å². The molecule has 1 heterocycles. The maximum absolute atomic E-state index is 12.8. The Kier molecular flexibility index (Phi) is 3.53. The number of aromatic nitrogens is 3. The maximum atomic E-state index is 12.8. The predicted molar refractivity (Wildman–Crippen MR) is 71.5 cm³/mol. The van der Waals surface area contributed by atoms with Gasteiger partial charge in [-0.25, -0.2) is 4.98 Å². The SMILES string of the molecule is N#Cc1ccc(-c2nnc3c(n2)CC(C(F)(F)F)CC3)cc1. The molecule has 3 rings (SSSR count). The van der Waals surface area contributed by atoms with Crippen LogP contribution in [-0.2, 0) is 12.8 Å². The third kappa shape index (κ3) is 2.77. The topological polar surface area (TPSA) is 62.5 Å². The number of aryl methyl sites for hydroxylation is 1. The van der Waals surface area contributed by atoms with Gasteiger partial charge in [0.15, 0.2) is 5.82 Å². The van der Waals surface area contributed by atoms with Crippen LogP contribution in [-0.4, -0.2) is 21.4 Å². The molecule has 1 aliphatic carbocycles. The van der Waals surface area contributed by atoms with Crippen LogP contribution in [0, 0.1) is 17.2 Å². The minimum Gasteiger partial charge on any atom is -0.230 e. The summed E-state index contributed by atoms with van der Waals surface area (Å²) >= 11 is 0. The molecule has 0 amide bonds. The predicted octanol–water partition coefficient (Wildman–Crippen LogP) is 3.08. The zero-order chi connectivity index (χ0) is 15.7. The van der Waals surface area contributed by atoms with Crippen molar-refractivity contribution in [1.29, 1.82) is 5.26 Å². The van der Waals surface area contributed by atoms with Gasteiger partial charge in [0.05, 0.1) is 28.9 Å². The first-order valence-electron chi connectivity index (χ1n) is 6.77. The van der Waals surface area contributed by atoms with E-state index >= 15 is 0 Å². The first-order chi connectivity index (χ1) is 10.5. The van der Waals surface area contributed by atoms with Crippen LogP contribution in [0.1, 0.15) is 23.4 Å². The summed E-state index contributed by atoms with van der Waals surface area (Å²) in [6.45, 7) is 0. The molecule has 0 aliphatic heterocycles. The Hall–Kier alpha value is -2.49. The van der Waals surface area contributed by atoms with Gasteiger partial charge in [0.2, 0.25) is 0 Å². The fourth-order valence-corrected chi connectivity index (χ4v) is 2.48. The lowest BCUT2D eigenvalue weighted by atomic mass is 9.89. The number of rotatable bonds is 1. The minimum absolute atomic E-state index is 0.0308. The number of benzene rings is 1. The molecule has 22 heavy (non-hydrogen) atoms. The van der Waals surface area contributed by atoms with E-state index in [4.69, 9.17) is 5.26 Å². The van der Waals surface area contributed by atoms with Gasteiger partial charge in [-0.15, -0.1) is 5.10 Å². The number of alkyl halides is 3. The van der Waals surface area contributed by atoms with Gasteiger partial charge in [0.25, 0.3) is 0 Å². The number of nitriles is 1. The summed E-state index contributed by atoms with van der Waals surface area (Å²) in [4.78, 5) is 4.25. The molecule has 0 radical (unpaired) electrons. The lowest BCUT2D eigenvalue weighted by molar-refractivity contribution is -0.177. The van der Waals surface area contributed by atoms with Crippen LogP contribution < -0.4 is 0 Å². The van der Waals surface area contributed by atoms with Crippen molar-refractivity contribution in [2.24, 2.45) is 5.92 Å². The molecule has 0 N–H and O–H groups in total. The van der Waals surface area contributed by atoms with Crippen molar-refractivity contribution in [3.8, 4) is 17.5 Å². The maximum Gasteiger partial charge on any atom is 0.392 e. The van der Waals surface area contributed by atoms with Gasteiger partial charge >= 0.3 is 6.18 Å². The molecule has 0 bridgehead atoms. The number of hydrogen-bond acceptors (Lipinski definition) is 4. The van der Waals surface area contributed by atoms with Crippen LogP contribution in [0.2, 0.25) is 0 Å². The second-order valence-corrected chi connectivity index (χ2v) is 5.20. The Morgan fingerprint density at radius 2 is 1.82 bits per heavy atom. The van der Waals surface area contributed by atoms with Crippen molar-refractivity contribution in [3.05, 3.63) is 41.2 Å². The fraction of sp³-hybridized carbons (Fsp3) is 0.333. The van der Waals surface area contributed by atoms with Crippen molar-refractivity contribution < 1.29 is 13.2 Å². The zero-order valence-corrected chi connectivity index (χ0v) is 11.4. The number of hydrogen-bond donors (Lipinski definition) is 0. The van der Waals surface area contributed by atoms with E-state index in [1.54, 1.807) is 24.3 Å². The van der Waals surface area contributed by atoms with Crippen molar-refractivity contribution in [1.82, 2.24) is 15.2 Å². The molecule has 0 saturated heterocycles. The van der Waals surface area contributed by atoms with Crippen LogP contribution in [0.5, 0.6) is 0 Å². The van der Waals surface area contributed by atoms with E-state index < -0.39 is 12.1 Å². The molecule has 112 valence electrons. The average Bonchev–Trinajstić information content (AvgIpc) is 2.53. The second kappa shape index (κ2) is 5.37. The summed E-state index contributed by atoms with van der Waals surface area (Å²) in [7, 11) is 0. The van der Waals surface area contributed by atoms with Gasteiger partial charge in [0, 0.05) is 12.0 Å². The molecule has 1 atom stereocenters. The molecule has 0 saturated carbocycles. The molecule has 2 aromatic rings. The fourth-order valence-electron chi connectivity index (χ4n) is 2.48. The Bertz CT molecular complexity index is 732. The van der Waals surface area contributed by atoms with E-state index in [1.807, 2.05) is 6.07 Å². The third-order valence-corrected chi connectivity index (χ3v) is 3.74. The van der Waals surface area contributed by atoms with E-state index in [9.17, 15) is 13.2 Å². The second-order valence-electron chi connectivity index (χ2n) is 5.20. The molecule has 1 aromatic heterocycles. The van der Waals surface area contributed by atoms with Gasteiger partial charge in [-0.1, -0.05) is 0 Å². The number of fused-ring (bicyclic) bond motifs is 1. The summed E-state index contributed by atoms with van der Waals surface area (Å²) in [5.74, 6) is -1.09. The molecular weight excluding hydrogens is 293 g/mol. The van der Waals surface area contributed by atoms with Gasteiger partial charge in [0.1, 0.15) is 0 Å². The molecule has 4 nitrogen and oxygen atoms in total. The minimum atomic E-state index is -4.21. The highest BCUT2D eigenvalue weighted by atomic mass is 19.4. The first-order valence-corrected chi connectivity index (χ1v) is 6.77. The molecule has 1 unspecified atom stereocenters. The summed E-state index contributed by atoms with van der Waals surface area (Å²) < 4.78 is 38.5. The Morgan fingerprint density at radius 1 is 1.09 bits per heavy atom. The van der Waals surface area contributed by atoms with E-state index in [1.165, 1.54) is 0 Å². The monoisotopic (exact) mass is 304 g/mol. The Labute approximate surface area is 124 Å². The largest absolute Gasteiger partial charge is 0.392 e. The standard InChI is InChI=1S/C15H11F3N4/c16-15(17,18)11-5-6-12-13(7-11)20-14(22-21-12)10-3-1-9(8-19)2-4-10/h1-4,11H,5-7H2. The lowest BCUT2D eigenvalue weighted by Gasteiger charge is -2.24. The van der Waals surface area contributed by atoms with Crippen molar-refractivity contribution in [2.75, 3.05) is 0 Å². The molecule has 1 aromatic carbocycles. The Balaban J connectivity index is 1.92. The van der Waals surface area contributed by atoms with Gasteiger partial charge in [-0.3, -0.25) is 0 Å². The molecular formula is C15H11F3N4. The lowest BCUT2D eigenvalue weighted by Crippen LogP contribution is -2.30. The van der Waals surface area contributed by atoms with Crippen LogP contribution in [0.4, 0.5) is 13.2 Å². The highest BCUT2D eigenvalue weighted by molar-refractivity contribution is 5.56. The normalized spacial score (nSPS) is 17.6. The van der Waals surface area contributed by atoms with E-state index in [0.717, 1.165) is 0 Å². The van der Waals surface area contributed by atoms with E-state index in [-0.39, 0.29) is 25.1 Å². The smallest absolute Gasteiger partial charge is 0.230 e. The molecule has 0 spiro atoms. The summed E-state index contributed by atoms with van der Waals surface area (Å²) in [5, 5.41) is 16.8. The first kappa shape index (κ1) is 14.4. The van der Waals surface area contributed by atoms with E-state index in [0.29, 0.717) is 22.5 Å². The number of halogens is 3. The molecule has 7 heteroatoms. The van der Waals surface area contributed by atoms with Crippen LogP contribution >= 0.6 is 0 Å². The van der Waals surface area contributed by atoms with Crippen molar-refractivity contribution >= 4 is 0 Å². The van der Waals surface area contributed by atoms with Crippen molar-refractivity contribution in [2.45, 2.75) is 25.4 Å². The summed E-state index contributed by atoms with van der Waals surface area (Å²) in [6, 6.07) is 8.53. The van der Waals surface area contributed by atoms with Gasteiger partial charge in [-0.2, -0.15) is 23.5 Å². The zero-order valence-electron chi connectivity index (χ0n) is 11.4. The van der Waals surface area contributed by atoms with Gasteiger partial charge < -0.3 is 0 Å². The summed E-state index contributed by atoms with van der Waals surface area (Å²) in [5.41, 5.74) is 2.02. The highest BCUT2D eigenvalue weighted by Gasteiger charge is 2.42. The summed E-state index contributed by atoms with van der Waals surface area (Å²) in [6.07, 6.45) is -4.09. The number of nitrogens with zero attached hydrogens (tertiary/aromatic N) is 4. The van der Waals surface area contributed by atoms with Crippen LogP contribution in [0.3, 0.4) is 0 Å². The highest BCUT2D eigenvalue weighted by Crippen LogP contribution is 2.36. The van der Waals surface area contributed by atoms with Crippen LogP contribution in [0.15, 0.2) is 24.3 Å². The van der Waals surface area contributed by atoms with Gasteiger partial charge in [-0.05, 0) is 37.1 Å². The van der Waals surface area contributed by atoms with E-state index in [2.05, 4.69) is 15.2 Å². The average molecular weight is 304 g/mol. The Morgan fingerprint density at radius 3 is 2.45 bits per heavy atom. The van der Waals surface area contributed by atoms with Crippen molar-refractivity contribution in [3.63, 3.8) is 0 Å². The molecule has 0 fully saturated rings. The molecule has 1 aliphatic rings. The third-order valence-electron chi connectivity index (χ3n) is 3.74.